The number of halogens is 1. The number of piperazine rings is 1. The van der Waals surface area contributed by atoms with E-state index in [2.05, 4.69) is 28.0 Å². The molecule has 0 radical (unpaired) electrons. The smallest absolute Gasteiger partial charge is 0.172 e. The fraction of sp³-hybridized carbons (Fsp3) is 0.333. The lowest BCUT2D eigenvalue weighted by Gasteiger charge is -2.37. The minimum absolute atomic E-state index is 0.240. The van der Waals surface area contributed by atoms with Gasteiger partial charge in [0.2, 0.25) is 0 Å². The minimum atomic E-state index is -0.328. The van der Waals surface area contributed by atoms with E-state index in [1.54, 1.807) is 7.11 Å². The molecule has 3 aromatic rings. The Hall–Kier alpha value is -2.77. The van der Waals surface area contributed by atoms with Gasteiger partial charge >= 0.3 is 0 Å². The summed E-state index contributed by atoms with van der Waals surface area (Å²) in [6.07, 6.45) is -0.834. The first-order valence-corrected chi connectivity index (χ1v) is 12.0. The van der Waals surface area contributed by atoms with E-state index in [4.69, 9.17) is 30.5 Å². The van der Waals surface area contributed by atoms with E-state index in [1.165, 1.54) is 0 Å². The lowest BCUT2D eigenvalue weighted by Crippen LogP contribution is -2.48. The van der Waals surface area contributed by atoms with Crippen molar-refractivity contribution < 1.29 is 18.9 Å². The van der Waals surface area contributed by atoms with Crippen molar-refractivity contribution in [1.29, 1.82) is 0 Å². The molecule has 3 aliphatic rings. The Morgan fingerprint density at radius 1 is 0.853 bits per heavy atom. The Kier molecular flexibility index (Phi) is 5.83. The quantitative estimate of drug-likeness (QED) is 0.498. The van der Waals surface area contributed by atoms with Gasteiger partial charge in [-0.25, -0.2) is 0 Å². The van der Waals surface area contributed by atoms with E-state index < -0.39 is 0 Å². The first-order chi connectivity index (χ1) is 16.7. The molecule has 6 rings (SSSR count). The van der Waals surface area contributed by atoms with Gasteiger partial charge in [-0.05, 0) is 36.4 Å². The maximum absolute atomic E-state index is 6.50. The Balaban J connectivity index is 1.17. The molecule has 3 unspecified atom stereocenters. The molecule has 176 valence electrons. The highest BCUT2D eigenvalue weighted by molar-refractivity contribution is 6.30. The van der Waals surface area contributed by atoms with Gasteiger partial charge in [-0.1, -0.05) is 41.9 Å². The van der Waals surface area contributed by atoms with Crippen LogP contribution in [0.25, 0.3) is 0 Å². The Bertz CT molecular complexity index is 1180. The summed E-state index contributed by atoms with van der Waals surface area (Å²) in [5.74, 6) is 2.48. The topological polar surface area (TPSA) is 43.4 Å². The van der Waals surface area contributed by atoms with Gasteiger partial charge in [-0.3, -0.25) is 4.90 Å². The van der Waals surface area contributed by atoms with Crippen LogP contribution in [0.15, 0.2) is 66.7 Å². The summed E-state index contributed by atoms with van der Waals surface area (Å²) in [5, 5.41) is 0.659. The largest absolute Gasteiger partial charge is 0.495 e. The van der Waals surface area contributed by atoms with Gasteiger partial charge in [0.05, 0.1) is 12.8 Å². The summed E-state index contributed by atoms with van der Waals surface area (Å²) in [5.41, 5.74) is 3.07. The molecule has 3 aromatic carbocycles. The Morgan fingerprint density at radius 3 is 2.38 bits per heavy atom. The molecule has 0 bridgehead atoms. The Morgan fingerprint density at radius 2 is 1.56 bits per heavy atom. The summed E-state index contributed by atoms with van der Waals surface area (Å²) < 4.78 is 24.8. The third-order valence-corrected chi connectivity index (χ3v) is 7.04. The number of methoxy groups -OCH3 is 1. The summed E-state index contributed by atoms with van der Waals surface area (Å²) in [6, 6.07) is 21.9. The van der Waals surface area contributed by atoms with Crippen molar-refractivity contribution in [3.63, 3.8) is 0 Å². The first kappa shape index (κ1) is 21.7. The number of fused-ring (bicyclic) bond motifs is 5. The van der Waals surface area contributed by atoms with E-state index >= 15 is 0 Å². The second-order valence-corrected chi connectivity index (χ2v) is 9.26. The van der Waals surface area contributed by atoms with Crippen molar-refractivity contribution in [1.82, 2.24) is 4.90 Å². The first-order valence-electron chi connectivity index (χ1n) is 11.7. The molecule has 0 spiro atoms. The molecule has 2 fully saturated rings. The molecule has 0 amide bonds. The number of hydrogen-bond donors (Lipinski definition) is 0. The van der Waals surface area contributed by atoms with Crippen molar-refractivity contribution in [3.8, 4) is 17.2 Å². The van der Waals surface area contributed by atoms with Gasteiger partial charge in [0.15, 0.2) is 6.29 Å². The van der Waals surface area contributed by atoms with Crippen molar-refractivity contribution in [3.05, 3.63) is 82.9 Å². The summed E-state index contributed by atoms with van der Waals surface area (Å²) in [4.78, 5) is 4.78. The molecule has 0 aliphatic carbocycles. The molecule has 0 aromatic heterocycles. The minimum Gasteiger partial charge on any atom is -0.495 e. The molecule has 6 nitrogen and oxygen atoms in total. The molecular weight excluding hydrogens is 452 g/mol. The predicted octanol–water partition coefficient (Wildman–Crippen LogP) is 5.43. The van der Waals surface area contributed by atoms with E-state index in [0.29, 0.717) is 11.6 Å². The van der Waals surface area contributed by atoms with Crippen LogP contribution in [-0.4, -0.2) is 51.0 Å². The SMILES string of the molecule is COc1ccccc1N1CCN(CC2OC3c4ccccc4Oc4ccc(Cl)cc4C3O2)CC1. The van der Waals surface area contributed by atoms with Gasteiger partial charge in [0.25, 0.3) is 0 Å². The number of para-hydroxylation sites is 3. The van der Waals surface area contributed by atoms with E-state index in [9.17, 15) is 0 Å². The maximum atomic E-state index is 6.50. The second-order valence-electron chi connectivity index (χ2n) is 8.82. The van der Waals surface area contributed by atoms with Crippen LogP contribution in [-0.2, 0) is 9.47 Å². The molecule has 34 heavy (non-hydrogen) atoms. The monoisotopic (exact) mass is 478 g/mol. The van der Waals surface area contributed by atoms with Crippen LogP contribution in [0.2, 0.25) is 5.02 Å². The third kappa shape index (κ3) is 4.01. The third-order valence-electron chi connectivity index (χ3n) is 6.80. The van der Waals surface area contributed by atoms with Crippen LogP contribution in [0.1, 0.15) is 23.3 Å². The number of anilines is 1. The zero-order valence-electron chi connectivity index (χ0n) is 19.0. The van der Waals surface area contributed by atoms with E-state index in [1.807, 2.05) is 48.5 Å². The molecular formula is C27H27ClN2O4. The van der Waals surface area contributed by atoms with Crippen molar-refractivity contribution >= 4 is 17.3 Å². The number of hydrogen-bond acceptors (Lipinski definition) is 6. The molecule has 7 heteroatoms. The van der Waals surface area contributed by atoms with Crippen LogP contribution in [0.4, 0.5) is 5.69 Å². The van der Waals surface area contributed by atoms with Crippen LogP contribution in [0.3, 0.4) is 0 Å². The summed E-state index contributed by atoms with van der Waals surface area (Å²) in [7, 11) is 1.72. The number of benzene rings is 3. The number of nitrogens with zero attached hydrogens (tertiary/aromatic N) is 2. The summed E-state index contributed by atoms with van der Waals surface area (Å²) in [6.45, 7) is 4.42. The van der Waals surface area contributed by atoms with Crippen LogP contribution < -0.4 is 14.4 Å². The fourth-order valence-electron chi connectivity index (χ4n) is 5.10. The average molecular weight is 479 g/mol. The standard InChI is InChI=1S/C27H27ClN2O4/c1-31-24-9-5-3-7-21(24)30-14-12-29(13-15-30)17-25-33-26-19-6-2-4-8-22(19)32-23-11-10-18(28)16-20(23)27(26)34-25/h2-11,16,25-27H,12-15,17H2,1H3. The number of rotatable bonds is 4. The van der Waals surface area contributed by atoms with Crippen LogP contribution in [0.5, 0.6) is 17.2 Å². The Labute approximate surface area is 204 Å². The molecule has 3 aliphatic heterocycles. The molecule has 0 saturated carbocycles. The second kappa shape index (κ2) is 9.12. The summed E-state index contributed by atoms with van der Waals surface area (Å²) >= 11 is 6.34. The van der Waals surface area contributed by atoms with E-state index in [0.717, 1.165) is 60.2 Å². The highest BCUT2D eigenvalue weighted by Gasteiger charge is 2.43. The predicted molar refractivity (Wildman–Crippen MR) is 131 cm³/mol. The average Bonchev–Trinajstić information content (AvgIpc) is 3.24. The highest BCUT2D eigenvalue weighted by Crippen LogP contribution is 2.52. The van der Waals surface area contributed by atoms with Gasteiger partial charge in [-0.15, -0.1) is 0 Å². The van der Waals surface area contributed by atoms with Gasteiger partial charge in [0.1, 0.15) is 29.5 Å². The molecule has 3 heterocycles. The van der Waals surface area contributed by atoms with Gasteiger partial charge < -0.3 is 23.8 Å². The lowest BCUT2D eigenvalue weighted by molar-refractivity contribution is -0.0850. The highest BCUT2D eigenvalue weighted by atomic mass is 35.5. The van der Waals surface area contributed by atoms with Crippen molar-refractivity contribution in [2.75, 3.05) is 44.7 Å². The van der Waals surface area contributed by atoms with Gasteiger partial charge in [-0.2, -0.15) is 0 Å². The molecule has 3 atom stereocenters. The van der Waals surface area contributed by atoms with Crippen LogP contribution in [0, 0.1) is 0 Å². The van der Waals surface area contributed by atoms with Gasteiger partial charge in [0, 0.05) is 48.9 Å². The van der Waals surface area contributed by atoms with Crippen LogP contribution >= 0.6 is 11.6 Å². The fourth-order valence-corrected chi connectivity index (χ4v) is 5.28. The van der Waals surface area contributed by atoms with Crippen molar-refractivity contribution in [2.45, 2.75) is 18.5 Å². The number of ether oxygens (including phenoxy) is 4. The van der Waals surface area contributed by atoms with Crippen molar-refractivity contribution in [2.24, 2.45) is 0 Å². The zero-order valence-corrected chi connectivity index (χ0v) is 19.8. The molecule has 2 saturated heterocycles. The maximum Gasteiger partial charge on any atom is 0.172 e. The normalized spacial score (nSPS) is 23.9. The lowest BCUT2D eigenvalue weighted by atomic mass is 9.98. The van der Waals surface area contributed by atoms with E-state index in [-0.39, 0.29) is 18.5 Å². The molecule has 0 N–H and O–H groups in total. The zero-order chi connectivity index (χ0) is 23.1.